The zero-order valence-electron chi connectivity index (χ0n) is 19.8. The van der Waals surface area contributed by atoms with Gasteiger partial charge in [-0.1, -0.05) is 0 Å². The molecule has 176 valence electrons. The van der Waals surface area contributed by atoms with E-state index >= 15 is 0 Å². The zero-order chi connectivity index (χ0) is 23.6. The van der Waals surface area contributed by atoms with Crippen LogP contribution in [0.3, 0.4) is 0 Å². The Morgan fingerprint density at radius 1 is 1.29 bits per heavy atom. The first-order chi connectivity index (χ1) is 14.6. The highest BCUT2D eigenvalue weighted by Crippen LogP contribution is 2.55. The molecule has 1 fully saturated rings. The van der Waals surface area contributed by atoms with Gasteiger partial charge in [-0.05, 0) is 47.1 Å². The summed E-state index contributed by atoms with van der Waals surface area (Å²) in [6.45, 7) is 11.3. The topological polar surface area (TPSA) is 90.2 Å². The SMILES string of the molecule is [B]C1OC(/C=C/P(=O)(OC)OC)C[C@@H](P(OCCC#N)N(C(C)C)C(C)C)[C@H]1OCC. The third-order valence-electron chi connectivity index (χ3n) is 4.87. The molecule has 1 aliphatic rings. The van der Waals surface area contributed by atoms with Crippen molar-refractivity contribution in [1.29, 1.82) is 5.26 Å². The lowest BCUT2D eigenvalue weighted by molar-refractivity contribution is -0.0883. The van der Waals surface area contributed by atoms with E-state index in [4.69, 9.17) is 36.2 Å². The van der Waals surface area contributed by atoms with Gasteiger partial charge in [-0.15, -0.1) is 0 Å². The Bertz CT molecular complexity index is 630. The molecule has 0 aromatic heterocycles. The fraction of sp³-hybridized carbons (Fsp3) is 0.850. The molecule has 0 saturated carbocycles. The van der Waals surface area contributed by atoms with Gasteiger partial charge in [-0.2, -0.15) is 5.26 Å². The first kappa shape index (κ1) is 28.7. The van der Waals surface area contributed by atoms with E-state index in [0.717, 1.165) is 0 Å². The van der Waals surface area contributed by atoms with Gasteiger partial charge in [0, 0.05) is 50.4 Å². The molecule has 0 aliphatic carbocycles. The highest BCUT2D eigenvalue weighted by molar-refractivity contribution is 7.57. The van der Waals surface area contributed by atoms with Crippen LogP contribution >= 0.6 is 15.9 Å². The van der Waals surface area contributed by atoms with Crippen molar-refractivity contribution >= 4 is 23.7 Å². The highest BCUT2D eigenvalue weighted by Gasteiger charge is 2.44. The third kappa shape index (κ3) is 8.53. The standard InChI is InChI=1S/C20H37BN2O6P2/c1-8-27-19-18(30(28-12-9-11-22)23(15(2)3)16(4)5)14-17(29-20(19)21)10-13-31(24,25-6)26-7/h10,13,15-20H,8-9,12,14H2,1-7H3/b13-10+/t17?,18-,19-,20?,30?/m1/s1. The molecular weight excluding hydrogens is 437 g/mol. The van der Waals surface area contributed by atoms with Crippen molar-refractivity contribution in [2.75, 3.05) is 27.4 Å². The summed E-state index contributed by atoms with van der Waals surface area (Å²) in [5.74, 6) is 1.41. The normalized spacial score (nSPS) is 26.1. The van der Waals surface area contributed by atoms with Gasteiger partial charge in [0.2, 0.25) is 0 Å². The molecule has 0 N–H and O–H groups in total. The number of nitriles is 1. The molecule has 0 spiro atoms. The minimum atomic E-state index is -3.32. The van der Waals surface area contributed by atoms with Crippen LogP contribution in [0.5, 0.6) is 0 Å². The molecule has 0 bridgehead atoms. The third-order valence-corrected chi connectivity index (χ3v) is 9.32. The fourth-order valence-corrected chi connectivity index (χ4v) is 7.18. The molecular formula is C20H37BN2O6P2. The van der Waals surface area contributed by atoms with Gasteiger partial charge in [0.25, 0.3) is 0 Å². The highest BCUT2D eigenvalue weighted by atomic mass is 31.2. The van der Waals surface area contributed by atoms with Crippen molar-refractivity contribution in [2.24, 2.45) is 0 Å². The van der Waals surface area contributed by atoms with Crippen LogP contribution in [0.15, 0.2) is 11.9 Å². The number of rotatable bonds is 13. The molecule has 8 nitrogen and oxygen atoms in total. The molecule has 1 rings (SSSR count). The molecule has 0 aromatic carbocycles. The maximum Gasteiger partial charge on any atom is 0.353 e. The molecule has 0 aromatic rings. The Labute approximate surface area is 190 Å². The largest absolute Gasteiger partial charge is 0.378 e. The Morgan fingerprint density at radius 2 is 1.90 bits per heavy atom. The molecule has 11 heteroatoms. The summed E-state index contributed by atoms with van der Waals surface area (Å²) >= 11 is 0. The van der Waals surface area contributed by atoms with E-state index in [1.807, 2.05) is 6.92 Å². The second-order valence-corrected chi connectivity index (χ2v) is 11.8. The van der Waals surface area contributed by atoms with Crippen LogP contribution in [0.4, 0.5) is 0 Å². The molecule has 5 atom stereocenters. The summed E-state index contributed by atoms with van der Waals surface area (Å²) in [6.07, 6.45) is 1.79. The van der Waals surface area contributed by atoms with Crippen LogP contribution in [-0.4, -0.2) is 75.9 Å². The van der Waals surface area contributed by atoms with Crippen LogP contribution < -0.4 is 0 Å². The number of hydrogen-bond acceptors (Lipinski definition) is 8. The molecule has 1 aliphatic heterocycles. The number of nitrogens with zero attached hydrogens (tertiary/aromatic N) is 2. The van der Waals surface area contributed by atoms with Gasteiger partial charge in [-0.25, -0.2) is 0 Å². The Hall–Kier alpha value is -0.285. The first-order valence-electron chi connectivity index (χ1n) is 10.6. The van der Waals surface area contributed by atoms with Crippen LogP contribution in [0, 0.1) is 11.3 Å². The van der Waals surface area contributed by atoms with E-state index in [2.05, 4.69) is 38.4 Å². The lowest BCUT2D eigenvalue weighted by Gasteiger charge is -2.48. The Balaban J connectivity index is 3.27. The molecule has 0 amide bonds. The summed E-state index contributed by atoms with van der Waals surface area (Å²) in [4.78, 5) is 0. The average molecular weight is 474 g/mol. The molecule has 2 radical (unpaired) electrons. The molecule has 1 saturated heterocycles. The second kappa shape index (κ2) is 14.1. The zero-order valence-corrected chi connectivity index (χ0v) is 21.6. The maximum absolute atomic E-state index is 12.4. The number of hydrogen-bond donors (Lipinski definition) is 0. The number of ether oxygens (including phenoxy) is 2. The van der Waals surface area contributed by atoms with Crippen LogP contribution in [0.2, 0.25) is 0 Å². The average Bonchev–Trinajstić information content (AvgIpc) is 2.72. The van der Waals surface area contributed by atoms with Crippen molar-refractivity contribution in [3.05, 3.63) is 11.9 Å². The van der Waals surface area contributed by atoms with E-state index in [1.54, 1.807) is 6.08 Å². The predicted molar refractivity (Wildman–Crippen MR) is 124 cm³/mol. The minimum absolute atomic E-state index is 0.0682. The van der Waals surface area contributed by atoms with Crippen LogP contribution in [-0.2, 0) is 27.6 Å². The van der Waals surface area contributed by atoms with Crippen LogP contribution in [0.1, 0.15) is 47.5 Å². The van der Waals surface area contributed by atoms with E-state index in [-0.39, 0.29) is 23.8 Å². The summed E-state index contributed by atoms with van der Waals surface area (Å²) < 4.78 is 43.0. The van der Waals surface area contributed by atoms with Gasteiger partial charge in [0.05, 0.1) is 31.3 Å². The van der Waals surface area contributed by atoms with E-state index < -0.39 is 28.0 Å². The monoisotopic (exact) mass is 474 g/mol. The summed E-state index contributed by atoms with van der Waals surface area (Å²) in [5.41, 5.74) is -0.0682. The van der Waals surface area contributed by atoms with Crippen molar-refractivity contribution in [3.8, 4) is 6.07 Å². The quantitative estimate of drug-likeness (QED) is 0.220. The van der Waals surface area contributed by atoms with Gasteiger partial charge in [0.15, 0.2) is 0 Å². The molecule has 31 heavy (non-hydrogen) atoms. The summed E-state index contributed by atoms with van der Waals surface area (Å²) in [7, 11) is 4.57. The maximum atomic E-state index is 12.4. The van der Waals surface area contributed by atoms with Crippen LogP contribution in [0.25, 0.3) is 0 Å². The van der Waals surface area contributed by atoms with Gasteiger partial charge < -0.3 is 23.0 Å². The predicted octanol–water partition coefficient (Wildman–Crippen LogP) is 4.40. The summed E-state index contributed by atoms with van der Waals surface area (Å²) in [6, 6.07) is 1.92. The molecule has 1 heterocycles. The Kier molecular flexibility index (Phi) is 13.1. The molecule has 3 unspecified atom stereocenters. The van der Waals surface area contributed by atoms with Gasteiger partial charge in [0.1, 0.15) is 16.1 Å². The Morgan fingerprint density at radius 3 is 2.39 bits per heavy atom. The lowest BCUT2D eigenvalue weighted by atomic mass is 9.87. The minimum Gasteiger partial charge on any atom is -0.378 e. The van der Waals surface area contributed by atoms with E-state index in [0.29, 0.717) is 26.1 Å². The van der Waals surface area contributed by atoms with Gasteiger partial charge >= 0.3 is 7.60 Å². The second-order valence-electron chi connectivity index (χ2n) is 7.72. The smallest absolute Gasteiger partial charge is 0.353 e. The van der Waals surface area contributed by atoms with Crippen molar-refractivity contribution in [3.63, 3.8) is 0 Å². The first-order valence-corrected chi connectivity index (χ1v) is 13.5. The fourth-order valence-electron chi connectivity index (χ4n) is 3.63. The van der Waals surface area contributed by atoms with E-state index in [9.17, 15) is 4.57 Å². The summed E-state index contributed by atoms with van der Waals surface area (Å²) in [5, 5.41) is 9.00. The van der Waals surface area contributed by atoms with Crippen molar-refractivity contribution < 1.29 is 27.6 Å². The van der Waals surface area contributed by atoms with Crippen molar-refractivity contribution in [1.82, 2.24) is 4.67 Å². The lowest BCUT2D eigenvalue weighted by Crippen LogP contribution is -2.51. The van der Waals surface area contributed by atoms with Gasteiger partial charge in [-0.3, -0.25) is 9.24 Å². The van der Waals surface area contributed by atoms with E-state index in [1.165, 1.54) is 20.0 Å². The van der Waals surface area contributed by atoms with Crippen molar-refractivity contribution in [2.45, 2.75) is 83.4 Å².